The summed E-state index contributed by atoms with van der Waals surface area (Å²) in [5.41, 5.74) is -0.765. The Bertz CT molecular complexity index is 1280. The van der Waals surface area contributed by atoms with Crippen molar-refractivity contribution in [2.75, 3.05) is 31.7 Å². The number of rotatable bonds is 8. The van der Waals surface area contributed by atoms with Gasteiger partial charge in [0.05, 0.1) is 36.7 Å². The molecule has 0 unspecified atom stereocenters. The number of aromatic nitrogens is 3. The van der Waals surface area contributed by atoms with Gasteiger partial charge in [0.25, 0.3) is 12.3 Å². The van der Waals surface area contributed by atoms with E-state index in [2.05, 4.69) is 15.2 Å². The molecular weight excluding hydrogens is 557 g/mol. The van der Waals surface area contributed by atoms with Crippen LogP contribution in [-0.4, -0.2) is 78.4 Å². The van der Waals surface area contributed by atoms with Crippen molar-refractivity contribution in [2.45, 2.75) is 63.5 Å². The van der Waals surface area contributed by atoms with Gasteiger partial charge in [0.1, 0.15) is 20.3 Å². The van der Waals surface area contributed by atoms with E-state index in [0.717, 1.165) is 6.26 Å². The number of amides is 1. The van der Waals surface area contributed by atoms with Gasteiger partial charge in [-0.2, -0.15) is 13.2 Å². The molecule has 0 bridgehead atoms. The predicted octanol–water partition coefficient (Wildman–Crippen LogP) is 2.85. The molecule has 0 aromatic carbocycles. The summed E-state index contributed by atoms with van der Waals surface area (Å²) in [5, 5.41) is 9.98. The number of sulfone groups is 1. The molecule has 1 N–H and O–H groups in total. The number of halogens is 5. The summed E-state index contributed by atoms with van der Waals surface area (Å²) < 4.78 is 97.4. The largest absolute Gasteiger partial charge is 0.426 e. The summed E-state index contributed by atoms with van der Waals surface area (Å²) >= 11 is 0.463. The Balaban J connectivity index is 1.54. The third kappa shape index (κ3) is 6.34. The van der Waals surface area contributed by atoms with Crippen LogP contribution in [0.25, 0.3) is 0 Å². The quantitative estimate of drug-likeness (QED) is 0.475. The van der Waals surface area contributed by atoms with Crippen molar-refractivity contribution in [3.63, 3.8) is 0 Å². The average Bonchev–Trinajstić information content (AvgIpc) is 3.43. The van der Waals surface area contributed by atoms with Gasteiger partial charge >= 0.3 is 6.18 Å². The monoisotopic (exact) mass is 585 g/mol. The third-order valence-electron chi connectivity index (χ3n) is 6.75. The van der Waals surface area contributed by atoms with E-state index in [9.17, 15) is 35.2 Å². The molecule has 2 aromatic rings. The maximum Gasteiger partial charge on any atom is 0.426 e. The first-order valence-electron chi connectivity index (χ1n) is 11.9. The van der Waals surface area contributed by atoms with E-state index in [1.807, 2.05) is 12.2 Å². The maximum atomic E-state index is 13.9. The zero-order valence-corrected chi connectivity index (χ0v) is 22.4. The summed E-state index contributed by atoms with van der Waals surface area (Å²) in [7, 11) is -3.15. The number of hydrogen-bond donors (Lipinski definition) is 1. The van der Waals surface area contributed by atoms with E-state index < -0.39 is 50.9 Å². The lowest BCUT2D eigenvalue weighted by Gasteiger charge is -2.47. The first kappa shape index (κ1) is 28.8. The molecule has 2 atom stereocenters. The average molecular weight is 586 g/mol. The molecule has 1 saturated heterocycles. The molecular formula is C22H28F5N5O4S2. The lowest BCUT2D eigenvalue weighted by atomic mass is 9.81. The smallest absolute Gasteiger partial charge is 0.369 e. The molecule has 0 saturated carbocycles. The van der Waals surface area contributed by atoms with Gasteiger partial charge in [0.2, 0.25) is 0 Å². The molecule has 1 spiro atoms. The van der Waals surface area contributed by atoms with Crippen molar-refractivity contribution in [3.8, 4) is 0 Å². The number of ether oxygens (including phenoxy) is 1. The standard InChI is InChI=1S/C22H28F5N5O4S2/c1-13-9-21(4-5-31(13)11-14-12-32(30-29-14)6-8-38(2,34)35)18-15(3-7-36-21)17(19(37-18)22(25,26)27)20(33)28-10-16(23)24/h12-13,16H,3-11H2,1-2H3,(H,28,33)/t13-,21+/m0/s1. The second kappa shape index (κ2) is 10.8. The number of fused-ring (bicyclic) bond motifs is 2. The van der Waals surface area contributed by atoms with Crippen LogP contribution in [0.3, 0.4) is 0 Å². The second-order valence-electron chi connectivity index (χ2n) is 9.68. The van der Waals surface area contributed by atoms with Crippen LogP contribution in [0.4, 0.5) is 22.0 Å². The van der Waals surface area contributed by atoms with Crippen LogP contribution >= 0.6 is 11.3 Å². The number of nitrogens with zero attached hydrogens (tertiary/aromatic N) is 4. The van der Waals surface area contributed by atoms with Crippen molar-refractivity contribution in [1.82, 2.24) is 25.2 Å². The highest BCUT2D eigenvalue weighted by Gasteiger charge is 2.49. The Kier molecular flexibility index (Phi) is 8.17. The van der Waals surface area contributed by atoms with E-state index in [1.165, 1.54) is 4.68 Å². The molecule has 16 heteroatoms. The number of aryl methyl sites for hydroxylation is 1. The fourth-order valence-corrected chi connectivity index (χ4v) is 6.91. The van der Waals surface area contributed by atoms with Crippen LogP contribution in [0.15, 0.2) is 6.20 Å². The summed E-state index contributed by atoms with van der Waals surface area (Å²) in [6, 6.07) is -0.136. The Morgan fingerprint density at radius 2 is 2.11 bits per heavy atom. The molecule has 4 heterocycles. The van der Waals surface area contributed by atoms with Crippen molar-refractivity contribution in [2.24, 2.45) is 0 Å². The topological polar surface area (TPSA) is 106 Å². The Hall–Kier alpha value is -2.17. The van der Waals surface area contributed by atoms with E-state index in [1.54, 1.807) is 6.20 Å². The molecule has 9 nitrogen and oxygen atoms in total. The minimum absolute atomic E-state index is 0.0685. The van der Waals surface area contributed by atoms with Gasteiger partial charge < -0.3 is 10.1 Å². The number of carbonyl (C=O) groups is 1. The normalized spacial score (nSPS) is 22.7. The van der Waals surface area contributed by atoms with Crippen molar-refractivity contribution in [1.29, 1.82) is 0 Å². The zero-order valence-electron chi connectivity index (χ0n) is 20.7. The molecule has 1 fully saturated rings. The fraction of sp³-hybridized carbons (Fsp3) is 0.682. The Morgan fingerprint density at radius 1 is 1.37 bits per heavy atom. The molecule has 2 aliphatic heterocycles. The molecule has 4 rings (SSSR count). The number of carbonyl (C=O) groups excluding carboxylic acids is 1. The summed E-state index contributed by atoms with van der Waals surface area (Å²) in [5.74, 6) is -1.22. The molecule has 2 aliphatic rings. The van der Waals surface area contributed by atoms with Crippen molar-refractivity contribution < 1.29 is 39.9 Å². The summed E-state index contributed by atoms with van der Waals surface area (Å²) in [6.45, 7) is 2.03. The second-order valence-corrected chi connectivity index (χ2v) is 13.0. The van der Waals surface area contributed by atoms with Crippen LogP contribution in [-0.2, 0) is 45.9 Å². The van der Waals surface area contributed by atoms with E-state index in [0.29, 0.717) is 47.8 Å². The molecule has 0 radical (unpaired) electrons. The minimum Gasteiger partial charge on any atom is -0.369 e. The Labute approximate surface area is 220 Å². The van der Waals surface area contributed by atoms with Crippen LogP contribution in [0.1, 0.15) is 51.1 Å². The minimum atomic E-state index is -4.82. The maximum absolute atomic E-state index is 13.9. The first-order chi connectivity index (χ1) is 17.7. The number of hydrogen-bond acceptors (Lipinski definition) is 8. The molecule has 1 amide bonds. The number of likely N-dealkylation sites (tertiary alicyclic amines) is 1. The number of piperidine rings is 1. The molecule has 2 aromatic heterocycles. The molecule has 212 valence electrons. The molecule has 38 heavy (non-hydrogen) atoms. The van der Waals surface area contributed by atoms with Crippen LogP contribution in [0.5, 0.6) is 0 Å². The van der Waals surface area contributed by atoms with Gasteiger partial charge in [-0.3, -0.25) is 14.4 Å². The van der Waals surface area contributed by atoms with Gasteiger partial charge in [0, 0.05) is 36.5 Å². The van der Waals surface area contributed by atoms with E-state index in [4.69, 9.17) is 4.74 Å². The molecule has 0 aliphatic carbocycles. The van der Waals surface area contributed by atoms with E-state index >= 15 is 0 Å². The van der Waals surface area contributed by atoms with Gasteiger partial charge in [-0.05, 0) is 31.7 Å². The van der Waals surface area contributed by atoms with Gasteiger partial charge in [-0.15, -0.1) is 16.4 Å². The van der Waals surface area contributed by atoms with Crippen LogP contribution in [0.2, 0.25) is 0 Å². The van der Waals surface area contributed by atoms with Gasteiger partial charge in [-0.1, -0.05) is 5.21 Å². The van der Waals surface area contributed by atoms with Crippen molar-refractivity contribution in [3.05, 3.63) is 32.8 Å². The third-order valence-corrected chi connectivity index (χ3v) is 9.13. The number of alkyl halides is 5. The van der Waals surface area contributed by atoms with E-state index in [-0.39, 0.29) is 36.9 Å². The SMILES string of the molecule is C[C@H]1C[C@@]2(CCN1Cc1cn(CCS(C)(=O)=O)nn1)OCCc1c2sc(C(F)(F)F)c1C(=O)NCC(F)F. The van der Waals surface area contributed by atoms with Gasteiger partial charge in [-0.25, -0.2) is 17.2 Å². The number of nitrogens with one attached hydrogen (secondary N) is 1. The van der Waals surface area contributed by atoms with Crippen LogP contribution < -0.4 is 5.32 Å². The lowest BCUT2D eigenvalue weighted by Crippen LogP contribution is -2.50. The highest BCUT2D eigenvalue weighted by molar-refractivity contribution is 7.90. The number of thiophene rings is 1. The first-order valence-corrected chi connectivity index (χ1v) is 14.8. The zero-order chi connectivity index (χ0) is 27.9. The summed E-state index contributed by atoms with van der Waals surface area (Å²) in [6.07, 6.45) is -4.11. The predicted molar refractivity (Wildman–Crippen MR) is 128 cm³/mol. The fourth-order valence-electron chi connectivity index (χ4n) is 5.00. The van der Waals surface area contributed by atoms with Crippen molar-refractivity contribution >= 4 is 27.1 Å². The highest BCUT2D eigenvalue weighted by atomic mass is 32.2. The Morgan fingerprint density at radius 3 is 2.74 bits per heavy atom. The lowest BCUT2D eigenvalue weighted by molar-refractivity contribution is -0.134. The highest BCUT2D eigenvalue weighted by Crippen LogP contribution is 2.51. The van der Waals surface area contributed by atoms with Gasteiger partial charge in [0.15, 0.2) is 0 Å². The van der Waals surface area contributed by atoms with Crippen LogP contribution in [0, 0.1) is 0 Å². The summed E-state index contributed by atoms with van der Waals surface area (Å²) in [4.78, 5) is 13.9.